The summed E-state index contributed by atoms with van der Waals surface area (Å²) >= 11 is 0. The second-order valence-corrected chi connectivity index (χ2v) is 6.44. The van der Waals surface area contributed by atoms with Gasteiger partial charge in [0, 0.05) is 6.54 Å². The molecule has 0 atom stereocenters. The fourth-order valence-corrected chi connectivity index (χ4v) is 3.27. The van der Waals surface area contributed by atoms with E-state index in [4.69, 9.17) is 0 Å². The summed E-state index contributed by atoms with van der Waals surface area (Å²) in [7, 11) is 0. The van der Waals surface area contributed by atoms with E-state index in [2.05, 4.69) is 53.0 Å². The number of nitrogens with one attached hydrogen (secondary N) is 2. The highest BCUT2D eigenvalue weighted by Gasteiger charge is 2.18. The molecule has 1 aliphatic heterocycles. The molecule has 0 unspecified atom stereocenters. The molecule has 24 heavy (non-hydrogen) atoms. The van der Waals surface area contributed by atoms with Crippen LogP contribution < -0.4 is 10.6 Å². The smallest absolute Gasteiger partial charge is 0.273 e. The van der Waals surface area contributed by atoms with Gasteiger partial charge in [-0.2, -0.15) is 0 Å². The van der Waals surface area contributed by atoms with Crippen LogP contribution in [0.25, 0.3) is 0 Å². The molecule has 3 rings (SSSR count). The summed E-state index contributed by atoms with van der Waals surface area (Å²) in [6.07, 6.45) is 4.64. The Bertz CT molecular complexity index is 683. The Hall–Kier alpha value is -2.21. The normalized spacial score (nSPS) is 15.4. The van der Waals surface area contributed by atoms with Crippen molar-refractivity contribution in [2.45, 2.75) is 39.2 Å². The minimum absolute atomic E-state index is 0.151. The van der Waals surface area contributed by atoms with Crippen LogP contribution in [0.15, 0.2) is 24.4 Å². The average Bonchev–Trinajstić information content (AvgIpc) is 3.08. The molecule has 0 saturated carbocycles. The van der Waals surface area contributed by atoms with Crippen LogP contribution in [0.5, 0.6) is 0 Å². The largest absolute Gasteiger partial charge is 0.350 e. The molecule has 0 spiro atoms. The van der Waals surface area contributed by atoms with Gasteiger partial charge in [-0.15, -0.1) is 5.10 Å². The van der Waals surface area contributed by atoms with Crippen molar-refractivity contribution in [2.75, 3.05) is 19.6 Å². The summed E-state index contributed by atoms with van der Waals surface area (Å²) in [5.74, 6) is -0.151. The third-order valence-corrected chi connectivity index (χ3v) is 4.73. The van der Waals surface area contributed by atoms with Crippen LogP contribution in [0.3, 0.4) is 0 Å². The molecule has 0 aliphatic carbocycles. The first-order chi connectivity index (χ1) is 11.6. The molecule has 0 bridgehead atoms. The predicted molar refractivity (Wildman–Crippen MR) is 93.1 cm³/mol. The van der Waals surface area contributed by atoms with Gasteiger partial charge in [0.05, 0.1) is 12.2 Å². The van der Waals surface area contributed by atoms with Crippen molar-refractivity contribution in [1.29, 1.82) is 0 Å². The maximum atomic E-state index is 12.3. The van der Waals surface area contributed by atoms with Crippen LogP contribution in [-0.2, 0) is 6.42 Å². The van der Waals surface area contributed by atoms with Crippen LogP contribution in [0.1, 0.15) is 46.1 Å². The number of carbonyl (C=O) groups excluding carboxylic acids is 1. The lowest BCUT2D eigenvalue weighted by Gasteiger charge is -2.22. The first-order valence-electron chi connectivity index (χ1n) is 8.61. The molecule has 2 heterocycles. The number of benzene rings is 1. The Morgan fingerprint density at radius 1 is 1.29 bits per heavy atom. The van der Waals surface area contributed by atoms with Crippen LogP contribution in [0, 0.1) is 13.8 Å². The number of carbonyl (C=O) groups is 1. The van der Waals surface area contributed by atoms with E-state index in [1.807, 2.05) is 4.68 Å². The van der Waals surface area contributed by atoms with Crippen molar-refractivity contribution in [2.24, 2.45) is 0 Å². The van der Waals surface area contributed by atoms with E-state index in [1.165, 1.54) is 16.7 Å². The third kappa shape index (κ3) is 3.82. The predicted octanol–water partition coefficient (Wildman–Crippen LogP) is 1.79. The average molecular weight is 327 g/mol. The Balaban J connectivity index is 1.54. The van der Waals surface area contributed by atoms with Crippen molar-refractivity contribution < 1.29 is 4.79 Å². The summed E-state index contributed by atoms with van der Waals surface area (Å²) in [4.78, 5) is 12.3. The number of amides is 1. The molecular weight excluding hydrogens is 302 g/mol. The molecule has 1 aromatic carbocycles. The van der Waals surface area contributed by atoms with E-state index >= 15 is 0 Å². The first kappa shape index (κ1) is 16.6. The van der Waals surface area contributed by atoms with Gasteiger partial charge in [0.1, 0.15) is 0 Å². The maximum Gasteiger partial charge on any atom is 0.273 e. The Morgan fingerprint density at radius 2 is 2.00 bits per heavy atom. The standard InChI is InChI=1S/C18H25N5O/c1-13-4-3-5-14(2)16(13)8-11-20-18(24)17-12-23(22-21-17)15-6-9-19-10-7-15/h3-5,12,15,19H,6-11H2,1-2H3,(H,20,24). The van der Waals surface area contributed by atoms with Gasteiger partial charge in [-0.25, -0.2) is 4.68 Å². The number of hydrogen-bond donors (Lipinski definition) is 2. The summed E-state index contributed by atoms with van der Waals surface area (Å²) < 4.78 is 1.83. The molecule has 1 saturated heterocycles. The second kappa shape index (κ2) is 7.57. The lowest BCUT2D eigenvalue weighted by atomic mass is 10.0. The van der Waals surface area contributed by atoms with Crippen LogP contribution >= 0.6 is 0 Å². The summed E-state index contributed by atoms with van der Waals surface area (Å²) in [5.41, 5.74) is 4.23. The number of rotatable bonds is 5. The van der Waals surface area contributed by atoms with Crippen molar-refractivity contribution in [3.63, 3.8) is 0 Å². The Morgan fingerprint density at radius 3 is 2.71 bits per heavy atom. The molecule has 2 aromatic rings. The number of piperidine rings is 1. The molecule has 1 amide bonds. The lowest BCUT2D eigenvalue weighted by Crippen LogP contribution is -2.29. The monoisotopic (exact) mass is 327 g/mol. The van der Waals surface area contributed by atoms with Gasteiger partial charge >= 0.3 is 0 Å². The minimum atomic E-state index is -0.151. The Labute approximate surface area is 142 Å². The maximum absolute atomic E-state index is 12.3. The van der Waals surface area contributed by atoms with Crippen molar-refractivity contribution in [3.05, 3.63) is 46.8 Å². The van der Waals surface area contributed by atoms with Crippen molar-refractivity contribution in [1.82, 2.24) is 25.6 Å². The zero-order chi connectivity index (χ0) is 16.9. The molecular formula is C18H25N5O. The number of nitrogens with zero attached hydrogens (tertiary/aromatic N) is 3. The molecule has 6 heteroatoms. The van der Waals surface area contributed by atoms with E-state index in [1.54, 1.807) is 6.20 Å². The van der Waals surface area contributed by atoms with Crippen LogP contribution in [0.2, 0.25) is 0 Å². The second-order valence-electron chi connectivity index (χ2n) is 6.44. The molecule has 6 nitrogen and oxygen atoms in total. The number of aromatic nitrogens is 3. The van der Waals surface area contributed by atoms with Crippen LogP contribution in [-0.4, -0.2) is 40.5 Å². The van der Waals surface area contributed by atoms with Crippen LogP contribution in [0.4, 0.5) is 0 Å². The van der Waals surface area contributed by atoms with E-state index in [0.29, 0.717) is 18.3 Å². The number of aryl methyl sites for hydroxylation is 2. The van der Waals surface area contributed by atoms with Gasteiger partial charge in [-0.3, -0.25) is 4.79 Å². The molecule has 1 aromatic heterocycles. The zero-order valence-corrected chi connectivity index (χ0v) is 14.4. The highest BCUT2D eigenvalue weighted by Crippen LogP contribution is 2.17. The fourth-order valence-electron chi connectivity index (χ4n) is 3.27. The van der Waals surface area contributed by atoms with E-state index in [9.17, 15) is 4.79 Å². The van der Waals surface area contributed by atoms with E-state index < -0.39 is 0 Å². The molecule has 1 aliphatic rings. The van der Waals surface area contributed by atoms with Gasteiger partial charge in [-0.05, 0) is 62.9 Å². The first-order valence-corrected chi connectivity index (χ1v) is 8.61. The summed E-state index contributed by atoms with van der Waals surface area (Å²) in [5, 5.41) is 14.4. The third-order valence-electron chi connectivity index (χ3n) is 4.73. The minimum Gasteiger partial charge on any atom is -0.350 e. The van der Waals surface area contributed by atoms with E-state index in [-0.39, 0.29) is 5.91 Å². The molecule has 0 radical (unpaired) electrons. The molecule has 2 N–H and O–H groups in total. The fraction of sp³-hybridized carbons (Fsp3) is 0.500. The summed E-state index contributed by atoms with van der Waals surface area (Å²) in [6, 6.07) is 6.62. The molecule has 128 valence electrons. The van der Waals surface area contributed by atoms with Gasteiger partial charge in [0.15, 0.2) is 5.69 Å². The van der Waals surface area contributed by atoms with Gasteiger partial charge in [0.2, 0.25) is 0 Å². The SMILES string of the molecule is Cc1cccc(C)c1CCNC(=O)c1cn(C2CCNCC2)nn1. The van der Waals surface area contributed by atoms with E-state index in [0.717, 1.165) is 32.4 Å². The number of hydrogen-bond acceptors (Lipinski definition) is 4. The van der Waals surface area contributed by atoms with Gasteiger partial charge in [-0.1, -0.05) is 23.4 Å². The molecule has 1 fully saturated rings. The zero-order valence-electron chi connectivity index (χ0n) is 14.4. The highest BCUT2D eigenvalue weighted by molar-refractivity contribution is 5.91. The summed E-state index contributed by atoms with van der Waals surface area (Å²) in [6.45, 7) is 6.79. The Kier molecular flexibility index (Phi) is 5.25. The highest BCUT2D eigenvalue weighted by atomic mass is 16.2. The lowest BCUT2D eigenvalue weighted by molar-refractivity contribution is 0.0949. The van der Waals surface area contributed by atoms with Crippen molar-refractivity contribution >= 4 is 5.91 Å². The van der Waals surface area contributed by atoms with Crippen molar-refractivity contribution in [3.8, 4) is 0 Å². The van der Waals surface area contributed by atoms with Gasteiger partial charge in [0.25, 0.3) is 5.91 Å². The topological polar surface area (TPSA) is 71.8 Å². The quantitative estimate of drug-likeness (QED) is 0.878. The van der Waals surface area contributed by atoms with Gasteiger partial charge < -0.3 is 10.6 Å².